The monoisotopic (exact) mass is 319 g/mol. The molecule has 0 saturated carbocycles. The van der Waals surface area contributed by atoms with Crippen molar-refractivity contribution in [2.75, 3.05) is 13.7 Å². The summed E-state index contributed by atoms with van der Waals surface area (Å²) in [6.45, 7) is 2.68. The van der Waals surface area contributed by atoms with Crippen LogP contribution in [0.1, 0.15) is 11.1 Å². The van der Waals surface area contributed by atoms with E-state index in [0.29, 0.717) is 12.3 Å². The molecule has 0 radical (unpaired) electrons. The van der Waals surface area contributed by atoms with Gasteiger partial charge in [0.25, 0.3) is 5.91 Å². The summed E-state index contributed by atoms with van der Waals surface area (Å²) in [6.07, 6.45) is 0. The van der Waals surface area contributed by atoms with Gasteiger partial charge >= 0.3 is 0 Å². The van der Waals surface area contributed by atoms with Crippen molar-refractivity contribution in [1.29, 1.82) is 0 Å². The minimum absolute atomic E-state index is 0.0382. The number of fused-ring (bicyclic) bond motifs is 1. The molecule has 3 aromatic carbocycles. The maximum atomic E-state index is 12.3. The van der Waals surface area contributed by atoms with Crippen LogP contribution in [0.15, 0.2) is 66.7 Å². The van der Waals surface area contributed by atoms with Crippen LogP contribution in [-0.2, 0) is 11.3 Å². The Hall–Kier alpha value is -2.81. The fourth-order valence-electron chi connectivity index (χ4n) is 2.57. The van der Waals surface area contributed by atoms with E-state index in [-0.39, 0.29) is 12.5 Å². The molecular weight excluding hydrogens is 298 g/mol. The average molecular weight is 319 g/mol. The SMILES string of the molecule is Cc1ccc(CN(C)C(=O)COc2ccc3ccccc3c2)cc1. The first-order chi connectivity index (χ1) is 11.6. The Morgan fingerprint density at radius 1 is 0.958 bits per heavy atom. The number of hydrogen-bond acceptors (Lipinski definition) is 2. The van der Waals surface area contributed by atoms with Gasteiger partial charge in [-0.15, -0.1) is 0 Å². The summed E-state index contributed by atoms with van der Waals surface area (Å²) >= 11 is 0. The Balaban J connectivity index is 1.58. The molecule has 0 spiro atoms. The molecule has 24 heavy (non-hydrogen) atoms. The molecule has 0 N–H and O–H groups in total. The van der Waals surface area contributed by atoms with Crippen LogP contribution in [0.5, 0.6) is 5.75 Å². The number of rotatable bonds is 5. The van der Waals surface area contributed by atoms with Gasteiger partial charge in [-0.25, -0.2) is 0 Å². The average Bonchev–Trinajstić information content (AvgIpc) is 2.61. The zero-order chi connectivity index (χ0) is 16.9. The van der Waals surface area contributed by atoms with Gasteiger partial charge in [-0.2, -0.15) is 0 Å². The van der Waals surface area contributed by atoms with E-state index in [9.17, 15) is 4.79 Å². The second-order valence-electron chi connectivity index (χ2n) is 6.03. The molecule has 0 bridgehead atoms. The van der Waals surface area contributed by atoms with Gasteiger partial charge in [-0.1, -0.05) is 60.2 Å². The molecule has 3 nitrogen and oxygen atoms in total. The van der Waals surface area contributed by atoms with Crippen molar-refractivity contribution in [2.24, 2.45) is 0 Å². The standard InChI is InChI=1S/C21H21NO2/c1-16-7-9-17(10-8-16)14-22(2)21(23)15-24-20-12-11-18-5-3-4-6-19(18)13-20/h3-13H,14-15H2,1-2H3. The lowest BCUT2D eigenvalue weighted by Crippen LogP contribution is -2.30. The second kappa shape index (κ2) is 7.18. The van der Waals surface area contributed by atoms with Crippen LogP contribution in [0, 0.1) is 6.92 Å². The van der Waals surface area contributed by atoms with Crippen LogP contribution >= 0.6 is 0 Å². The van der Waals surface area contributed by atoms with E-state index in [1.807, 2.05) is 48.5 Å². The summed E-state index contributed by atoms with van der Waals surface area (Å²) in [6, 6.07) is 22.2. The summed E-state index contributed by atoms with van der Waals surface area (Å²) in [4.78, 5) is 13.9. The van der Waals surface area contributed by atoms with E-state index in [1.54, 1.807) is 11.9 Å². The van der Waals surface area contributed by atoms with Gasteiger partial charge in [0.2, 0.25) is 0 Å². The molecule has 0 aromatic heterocycles. The molecule has 0 fully saturated rings. The van der Waals surface area contributed by atoms with Crippen LogP contribution in [0.4, 0.5) is 0 Å². The van der Waals surface area contributed by atoms with E-state index in [4.69, 9.17) is 4.74 Å². The molecule has 0 atom stereocenters. The fraction of sp³-hybridized carbons (Fsp3) is 0.190. The molecule has 122 valence electrons. The summed E-state index contributed by atoms with van der Waals surface area (Å²) < 4.78 is 5.66. The maximum Gasteiger partial charge on any atom is 0.260 e. The summed E-state index contributed by atoms with van der Waals surface area (Å²) in [7, 11) is 1.80. The second-order valence-corrected chi connectivity index (χ2v) is 6.03. The molecule has 0 saturated heterocycles. The Morgan fingerprint density at radius 2 is 1.67 bits per heavy atom. The molecule has 0 aliphatic rings. The third-order valence-electron chi connectivity index (χ3n) is 4.05. The smallest absolute Gasteiger partial charge is 0.260 e. The number of benzene rings is 3. The van der Waals surface area contributed by atoms with E-state index < -0.39 is 0 Å². The summed E-state index contributed by atoms with van der Waals surface area (Å²) in [5.41, 5.74) is 2.33. The lowest BCUT2D eigenvalue weighted by atomic mass is 10.1. The molecule has 0 heterocycles. The lowest BCUT2D eigenvalue weighted by Gasteiger charge is -2.18. The van der Waals surface area contributed by atoms with Gasteiger partial charge in [-0.05, 0) is 35.4 Å². The van der Waals surface area contributed by atoms with Crippen molar-refractivity contribution in [1.82, 2.24) is 4.90 Å². The number of nitrogens with zero attached hydrogens (tertiary/aromatic N) is 1. The number of ether oxygens (including phenoxy) is 1. The number of carbonyl (C=O) groups is 1. The minimum atomic E-state index is -0.0382. The predicted molar refractivity (Wildman–Crippen MR) is 97.1 cm³/mol. The van der Waals surface area contributed by atoms with Crippen LogP contribution in [0.3, 0.4) is 0 Å². The number of carbonyl (C=O) groups excluding carboxylic acids is 1. The van der Waals surface area contributed by atoms with Crippen molar-refractivity contribution >= 4 is 16.7 Å². The Kier molecular flexibility index (Phi) is 4.80. The Morgan fingerprint density at radius 3 is 2.42 bits per heavy atom. The Labute approximate surface area is 142 Å². The molecule has 0 aliphatic carbocycles. The first kappa shape index (κ1) is 16.1. The van der Waals surface area contributed by atoms with Crippen molar-refractivity contribution in [3.05, 3.63) is 77.9 Å². The number of aryl methyl sites for hydroxylation is 1. The third kappa shape index (κ3) is 3.93. The number of hydrogen-bond donors (Lipinski definition) is 0. The van der Waals surface area contributed by atoms with Gasteiger partial charge in [0.15, 0.2) is 6.61 Å². The topological polar surface area (TPSA) is 29.5 Å². The quantitative estimate of drug-likeness (QED) is 0.706. The zero-order valence-corrected chi connectivity index (χ0v) is 14.0. The molecule has 1 amide bonds. The van der Waals surface area contributed by atoms with Crippen molar-refractivity contribution < 1.29 is 9.53 Å². The van der Waals surface area contributed by atoms with E-state index in [2.05, 4.69) is 25.1 Å². The van der Waals surface area contributed by atoms with Gasteiger partial charge in [0, 0.05) is 13.6 Å². The number of amides is 1. The van der Waals surface area contributed by atoms with Crippen molar-refractivity contribution in [3.8, 4) is 5.75 Å². The molecule has 3 heteroatoms. The minimum Gasteiger partial charge on any atom is -0.484 e. The zero-order valence-electron chi connectivity index (χ0n) is 14.0. The molecule has 0 aliphatic heterocycles. The summed E-state index contributed by atoms with van der Waals surface area (Å²) in [5, 5.41) is 2.27. The molecule has 0 unspecified atom stereocenters. The molecule has 3 aromatic rings. The van der Waals surface area contributed by atoms with E-state index >= 15 is 0 Å². The van der Waals surface area contributed by atoms with E-state index in [0.717, 1.165) is 16.3 Å². The molecule has 3 rings (SSSR count). The first-order valence-corrected chi connectivity index (χ1v) is 8.03. The van der Waals surface area contributed by atoms with Gasteiger partial charge in [-0.3, -0.25) is 4.79 Å². The highest BCUT2D eigenvalue weighted by Crippen LogP contribution is 2.20. The first-order valence-electron chi connectivity index (χ1n) is 8.03. The largest absolute Gasteiger partial charge is 0.484 e. The van der Waals surface area contributed by atoms with Gasteiger partial charge < -0.3 is 9.64 Å². The van der Waals surface area contributed by atoms with Crippen molar-refractivity contribution in [2.45, 2.75) is 13.5 Å². The van der Waals surface area contributed by atoms with Gasteiger partial charge in [0.1, 0.15) is 5.75 Å². The normalized spacial score (nSPS) is 10.6. The fourth-order valence-corrected chi connectivity index (χ4v) is 2.57. The third-order valence-corrected chi connectivity index (χ3v) is 4.05. The predicted octanol–water partition coefficient (Wildman–Crippen LogP) is 4.19. The lowest BCUT2D eigenvalue weighted by molar-refractivity contribution is -0.132. The van der Waals surface area contributed by atoms with Crippen LogP contribution in [0.2, 0.25) is 0 Å². The van der Waals surface area contributed by atoms with Crippen LogP contribution in [-0.4, -0.2) is 24.5 Å². The van der Waals surface area contributed by atoms with E-state index in [1.165, 1.54) is 5.56 Å². The number of likely N-dealkylation sites (N-methyl/N-ethyl adjacent to an activating group) is 1. The van der Waals surface area contributed by atoms with Crippen molar-refractivity contribution in [3.63, 3.8) is 0 Å². The maximum absolute atomic E-state index is 12.3. The highest BCUT2D eigenvalue weighted by molar-refractivity contribution is 5.84. The van der Waals surface area contributed by atoms with Crippen LogP contribution in [0.25, 0.3) is 10.8 Å². The van der Waals surface area contributed by atoms with Crippen LogP contribution < -0.4 is 4.74 Å². The highest BCUT2D eigenvalue weighted by Gasteiger charge is 2.10. The van der Waals surface area contributed by atoms with Gasteiger partial charge in [0.05, 0.1) is 0 Å². The molecular formula is C21H21NO2. The summed E-state index contributed by atoms with van der Waals surface area (Å²) in [5.74, 6) is 0.675. The highest BCUT2D eigenvalue weighted by atomic mass is 16.5. The Bertz CT molecular complexity index is 840.